The molecule has 2 heteroatoms. The van der Waals surface area contributed by atoms with Crippen molar-refractivity contribution in [3.63, 3.8) is 0 Å². The fourth-order valence-electron chi connectivity index (χ4n) is 2.03. The van der Waals surface area contributed by atoms with Crippen LogP contribution in [0.5, 0.6) is 0 Å². The summed E-state index contributed by atoms with van der Waals surface area (Å²) in [6.07, 6.45) is 10.6. The fourth-order valence-corrected chi connectivity index (χ4v) is 2.16. The fraction of sp³-hybridized carbons (Fsp3) is 0.923. The lowest BCUT2D eigenvalue weighted by molar-refractivity contribution is -0.111. The van der Waals surface area contributed by atoms with Crippen LogP contribution in [0.15, 0.2) is 0 Å². The number of hydrogen-bond donors (Lipinski definition) is 0. The smallest absolute Gasteiger partial charge is 0.221 e. The Labute approximate surface area is 99.6 Å². The summed E-state index contributed by atoms with van der Waals surface area (Å²) in [7, 11) is 0. The van der Waals surface area contributed by atoms with Gasteiger partial charge in [-0.05, 0) is 23.9 Å². The monoisotopic (exact) mass is 232 g/mol. The SMILES string of the molecule is CCCCC(CCC)CCCCC(=O)Cl. The van der Waals surface area contributed by atoms with E-state index in [4.69, 9.17) is 11.6 Å². The number of carbonyl (C=O) groups is 1. The van der Waals surface area contributed by atoms with Crippen LogP contribution in [-0.4, -0.2) is 5.24 Å². The van der Waals surface area contributed by atoms with Gasteiger partial charge >= 0.3 is 0 Å². The van der Waals surface area contributed by atoms with E-state index in [2.05, 4.69) is 13.8 Å². The second-order valence-electron chi connectivity index (χ2n) is 4.40. The van der Waals surface area contributed by atoms with E-state index in [0.717, 1.165) is 18.8 Å². The molecule has 0 amide bonds. The number of halogens is 1. The molecule has 0 saturated heterocycles. The predicted molar refractivity (Wildman–Crippen MR) is 67.3 cm³/mol. The first-order chi connectivity index (χ1) is 7.20. The number of hydrogen-bond acceptors (Lipinski definition) is 1. The Morgan fingerprint density at radius 3 is 2.20 bits per heavy atom. The van der Waals surface area contributed by atoms with Crippen LogP contribution in [0.2, 0.25) is 0 Å². The molecule has 0 fully saturated rings. The van der Waals surface area contributed by atoms with E-state index < -0.39 is 0 Å². The molecule has 1 unspecified atom stereocenters. The lowest BCUT2D eigenvalue weighted by atomic mass is 9.91. The number of carbonyl (C=O) groups excluding carboxylic acids is 1. The van der Waals surface area contributed by atoms with Gasteiger partial charge in [-0.2, -0.15) is 0 Å². The van der Waals surface area contributed by atoms with Crippen LogP contribution in [-0.2, 0) is 4.79 Å². The van der Waals surface area contributed by atoms with E-state index in [-0.39, 0.29) is 5.24 Å². The Morgan fingerprint density at radius 1 is 1.00 bits per heavy atom. The summed E-state index contributed by atoms with van der Waals surface area (Å²) in [6, 6.07) is 0. The summed E-state index contributed by atoms with van der Waals surface area (Å²) in [5.41, 5.74) is 0. The lowest BCUT2D eigenvalue weighted by Crippen LogP contribution is -2.00. The van der Waals surface area contributed by atoms with Gasteiger partial charge in [0.2, 0.25) is 5.24 Å². The molecule has 0 N–H and O–H groups in total. The zero-order valence-electron chi connectivity index (χ0n) is 10.2. The molecule has 15 heavy (non-hydrogen) atoms. The van der Waals surface area contributed by atoms with E-state index >= 15 is 0 Å². The quantitative estimate of drug-likeness (QED) is 0.386. The highest BCUT2D eigenvalue weighted by Gasteiger charge is 2.07. The highest BCUT2D eigenvalue weighted by atomic mass is 35.5. The maximum Gasteiger partial charge on any atom is 0.221 e. The molecule has 0 aliphatic heterocycles. The van der Waals surface area contributed by atoms with Gasteiger partial charge in [-0.1, -0.05) is 58.8 Å². The van der Waals surface area contributed by atoms with Gasteiger partial charge in [0.1, 0.15) is 0 Å². The summed E-state index contributed by atoms with van der Waals surface area (Å²) in [5.74, 6) is 0.875. The third-order valence-electron chi connectivity index (χ3n) is 2.90. The maximum absolute atomic E-state index is 10.6. The minimum Gasteiger partial charge on any atom is -0.281 e. The molecular formula is C13H25ClO. The number of unbranched alkanes of at least 4 members (excludes halogenated alkanes) is 2. The molecule has 0 aromatic carbocycles. The molecule has 0 aromatic rings. The molecule has 0 bridgehead atoms. The topological polar surface area (TPSA) is 17.1 Å². The first-order valence-corrected chi connectivity index (χ1v) is 6.76. The molecule has 0 heterocycles. The Kier molecular flexibility index (Phi) is 10.4. The third-order valence-corrected chi connectivity index (χ3v) is 3.09. The second-order valence-corrected chi connectivity index (χ2v) is 4.82. The molecule has 0 spiro atoms. The zero-order valence-corrected chi connectivity index (χ0v) is 11.0. The van der Waals surface area contributed by atoms with Gasteiger partial charge in [0.05, 0.1) is 0 Å². The first-order valence-electron chi connectivity index (χ1n) is 6.39. The average molecular weight is 233 g/mol. The van der Waals surface area contributed by atoms with Crippen molar-refractivity contribution in [3.8, 4) is 0 Å². The molecule has 0 aliphatic rings. The van der Waals surface area contributed by atoms with Crippen molar-refractivity contribution in [2.75, 3.05) is 0 Å². The second kappa shape index (κ2) is 10.5. The van der Waals surface area contributed by atoms with Crippen LogP contribution >= 0.6 is 11.6 Å². The van der Waals surface area contributed by atoms with Crippen LogP contribution < -0.4 is 0 Å². The highest BCUT2D eigenvalue weighted by Crippen LogP contribution is 2.21. The summed E-state index contributed by atoms with van der Waals surface area (Å²) in [5, 5.41) is -0.185. The van der Waals surface area contributed by atoms with E-state index in [9.17, 15) is 4.79 Å². The van der Waals surface area contributed by atoms with E-state index in [1.54, 1.807) is 0 Å². The van der Waals surface area contributed by atoms with Gasteiger partial charge in [-0.15, -0.1) is 0 Å². The molecule has 0 saturated carbocycles. The third kappa shape index (κ3) is 10.2. The van der Waals surface area contributed by atoms with E-state index in [1.165, 1.54) is 38.5 Å². The molecule has 0 aliphatic carbocycles. The minimum atomic E-state index is -0.185. The lowest BCUT2D eigenvalue weighted by Gasteiger charge is -2.15. The van der Waals surface area contributed by atoms with Gasteiger partial charge in [0.15, 0.2) is 0 Å². The van der Waals surface area contributed by atoms with Crippen molar-refractivity contribution in [3.05, 3.63) is 0 Å². The minimum absolute atomic E-state index is 0.185. The van der Waals surface area contributed by atoms with Gasteiger partial charge in [0.25, 0.3) is 0 Å². The largest absolute Gasteiger partial charge is 0.281 e. The molecular weight excluding hydrogens is 208 g/mol. The first kappa shape index (κ1) is 15.0. The summed E-state index contributed by atoms with van der Waals surface area (Å²) in [4.78, 5) is 10.6. The van der Waals surface area contributed by atoms with Crippen LogP contribution in [0.25, 0.3) is 0 Å². The highest BCUT2D eigenvalue weighted by molar-refractivity contribution is 6.63. The molecule has 0 radical (unpaired) electrons. The molecule has 90 valence electrons. The molecule has 0 rings (SSSR count). The van der Waals surface area contributed by atoms with Crippen molar-refractivity contribution >= 4 is 16.8 Å². The van der Waals surface area contributed by atoms with E-state index in [0.29, 0.717) is 6.42 Å². The van der Waals surface area contributed by atoms with Crippen LogP contribution in [0.1, 0.15) is 71.6 Å². The van der Waals surface area contributed by atoms with Gasteiger partial charge < -0.3 is 0 Å². The van der Waals surface area contributed by atoms with Gasteiger partial charge in [0, 0.05) is 6.42 Å². The van der Waals surface area contributed by atoms with Gasteiger partial charge in [-0.3, -0.25) is 4.79 Å². The maximum atomic E-state index is 10.6. The Balaban J connectivity index is 3.51. The van der Waals surface area contributed by atoms with Crippen LogP contribution in [0.4, 0.5) is 0 Å². The normalized spacial score (nSPS) is 12.7. The van der Waals surface area contributed by atoms with Crippen molar-refractivity contribution in [2.45, 2.75) is 71.6 Å². The summed E-state index contributed by atoms with van der Waals surface area (Å²) < 4.78 is 0. The van der Waals surface area contributed by atoms with Crippen molar-refractivity contribution in [1.29, 1.82) is 0 Å². The van der Waals surface area contributed by atoms with Crippen LogP contribution in [0, 0.1) is 5.92 Å². The number of rotatable bonds is 10. The predicted octanol–water partition coefficient (Wildman–Crippen LogP) is 4.92. The van der Waals surface area contributed by atoms with Gasteiger partial charge in [-0.25, -0.2) is 0 Å². The summed E-state index contributed by atoms with van der Waals surface area (Å²) >= 11 is 5.30. The van der Waals surface area contributed by atoms with Crippen molar-refractivity contribution in [1.82, 2.24) is 0 Å². The Bertz CT molecular complexity index is 157. The average Bonchev–Trinajstić information content (AvgIpc) is 2.20. The van der Waals surface area contributed by atoms with E-state index in [1.807, 2.05) is 0 Å². The summed E-state index contributed by atoms with van der Waals surface area (Å²) in [6.45, 7) is 4.50. The Hall–Kier alpha value is -0.0400. The Morgan fingerprint density at radius 2 is 1.67 bits per heavy atom. The molecule has 1 nitrogen and oxygen atoms in total. The van der Waals surface area contributed by atoms with Crippen molar-refractivity contribution < 1.29 is 4.79 Å². The standard InChI is InChI=1S/C13H25ClO/c1-3-5-9-12(8-4-2)10-6-7-11-13(14)15/h12H,3-11H2,1-2H3. The zero-order chi connectivity index (χ0) is 11.5. The molecule has 1 atom stereocenters. The van der Waals surface area contributed by atoms with Crippen molar-refractivity contribution in [2.24, 2.45) is 5.92 Å². The molecule has 0 aromatic heterocycles. The van der Waals surface area contributed by atoms with Crippen LogP contribution in [0.3, 0.4) is 0 Å².